The van der Waals surface area contributed by atoms with Crippen molar-refractivity contribution in [2.24, 2.45) is 17.6 Å². The normalized spacial score (nSPS) is 30.1. The summed E-state index contributed by atoms with van der Waals surface area (Å²) in [5, 5.41) is 2.88. The Morgan fingerprint density at radius 3 is 2.77 bits per heavy atom. The van der Waals surface area contributed by atoms with Crippen LogP contribution >= 0.6 is 0 Å². The van der Waals surface area contributed by atoms with Crippen molar-refractivity contribution in [2.45, 2.75) is 39.2 Å². The maximum Gasteiger partial charge on any atom is 0.236 e. The average Bonchev–Trinajstić information content (AvgIpc) is 2.47. The van der Waals surface area contributed by atoms with E-state index in [1.54, 1.807) is 6.92 Å². The first kappa shape index (κ1) is 10.5. The van der Waals surface area contributed by atoms with Crippen molar-refractivity contribution in [3.8, 4) is 0 Å². The molecule has 76 valence electrons. The van der Waals surface area contributed by atoms with Crippen LogP contribution in [0.4, 0.5) is 0 Å². The summed E-state index contributed by atoms with van der Waals surface area (Å²) in [5.74, 6) is 1.48. The van der Waals surface area contributed by atoms with Crippen LogP contribution in [0.25, 0.3) is 0 Å². The Kier molecular flexibility index (Phi) is 3.72. The molecule has 1 rings (SSSR count). The van der Waals surface area contributed by atoms with E-state index in [4.69, 9.17) is 5.73 Å². The molecule has 0 aliphatic heterocycles. The van der Waals surface area contributed by atoms with Gasteiger partial charge in [0, 0.05) is 6.54 Å². The standard InChI is InChI=1S/C10H20N2O/c1-7-3-4-9(5-7)6-12-10(13)8(2)11/h7-9H,3-6,11H2,1-2H3,(H,12,13)/t7?,8-,9?/m1/s1. The summed E-state index contributed by atoms with van der Waals surface area (Å²) in [6.07, 6.45) is 3.80. The van der Waals surface area contributed by atoms with Crippen LogP contribution in [0.3, 0.4) is 0 Å². The first-order valence-electron chi connectivity index (χ1n) is 5.13. The number of carbonyl (C=O) groups excluding carboxylic acids is 1. The van der Waals surface area contributed by atoms with Gasteiger partial charge in [-0.05, 0) is 31.6 Å². The third kappa shape index (κ3) is 3.35. The van der Waals surface area contributed by atoms with Gasteiger partial charge in [0.15, 0.2) is 0 Å². The van der Waals surface area contributed by atoms with E-state index in [9.17, 15) is 4.79 Å². The topological polar surface area (TPSA) is 55.1 Å². The third-order valence-electron chi connectivity index (χ3n) is 2.78. The van der Waals surface area contributed by atoms with Gasteiger partial charge in [-0.1, -0.05) is 13.3 Å². The molecule has 1 saturated carbocycles. The van der Waals surface area contributed by atoms with E-state index in [1.165, 1.54) is 19.3 Å². The van der Waals surface area contributed by atoms with Crippen molar-refractivity contribution >= 4 is 5.91 Å². The van der Waals surface area contributed by atoms with E-state index >= 15 is 0 Å². The Bertz CT molecular complexity index is 180. The van der Waals surface area contributed by atoms with Gasteiger partial charge in [0.05, 0.1) is 6.04 Å². The summed E-state index contributed by atoms with van der Waals surface area (Å²) in [4.78, 5) is 11.1. The fraction of sp³-hybridized carbons (Fsp3) is 0.900. The third-order valence-corrected chi connectivity index (χ3v) is 2.78. The van der Waals surface area contributed by atoms with Crippen molar-refractivity contribution in [1.29, 1.82) is 0 Å². The molecule has 3 heteroatoms. The van der Waals surface area contributed by atoms with E-state index in [0.717, 1.165) is 12.5 Å². The van der Waals surface area contributed by atoms with Crippen molar-refractivity contribution in [3.05, 3.63) is 0 Å². The van der Waals surface area contributed by atoms with Crippen molar-refractivity contribution < 1.29 is 4.79 Å². The Hall–Kier alpha value is -0.570. The molecular formula is C10H20N2O. The second-order valence-electron chi connectivity index (χ2n) is 4.32. The quantitative estimate of drug-likeness (QED) is 0.684. The van der Waals surface area contributed by atoms with Gasteiger partial charge in [-0.2, -0.15) is 0 Å². The van der Waals surface area contributed by atoms with Crippen molar-refractivity contribution in [3.63, 3.8) is 0 Å². The molecule has 0 aromatic carbocycles. The lowest BCUT2D eigenvalue weighted by Crippen LogP contribution is -2.40. The number of hydrogen-bond donors (Lipinski definition) is 2. The lowest BCUT2D eigenvalue weighted by Gasteiger charge is -2.12. The summed E-state index contributed by atoms with van der Waals surface area (Å²) in [6.45, 7) is 4.80. The Morgan fingerprint density at radius 1 is 1.62 bits per heavy atom. The van der Waals surface area contributed by atoms with E-state index < -0.39 is 0 Å². The lowest BCUT2D eigenvalue weighted by atomic mass is 10.1. The van der Waals surface area contributed by atoms with Crippen LogP contribution in [-0.4, -0.2) is 18.5 Å². The monoisotopic (exact) mass is 184 g/mol. The minimum Gasteiger partial charge on any atom is -0.354 e. The minimum absolute atomic E-state index is 0.0282. The zero-order chi connectivity index (χ0) is 9.84. The fourth-order valence-corrected chi connectivity index (χ4v) is 1.92. The summed E-state index contributed by atoms with van der Waals surface area (Å²) in [7, 11) is 0. The fourth-order valence-electron chi connectivity index (χ4n) is 1.92. The molecule has 0 aromatic rings. The van der Waals surface area contributed by atoms with Gasteiger partial charge in [-0.3, -0.25) is 4.79 Å². The number of amides is 1. The van der Waals surface area contributed by atoms with Crippen molar-refractivity contribution in [1.82, 2.24) is 5.32 Å². The average molecular weight is 184 g/mol. The van der Waals surface area contributed by atoms with Crippen LogP contribution in [0.5, 0.6) is 0 Å². The molecule has 0 spiro atoms. The highest BCUT2D eigenvalue weighted by Gasteiger charge is 2.21. The Morgan fingerprint density at radius 2 is 2.31 bits per heavy atom. The molecule has 3 atom stereocenters. The number of hydrogen-bond acceptors (Lipinski definition) is 2. The summed E-state index contributed by atoms with van der Waals surface area (Å²) >= 11 is 0. The highest BCUT2D eigenvalue weighted by molar-refractivity contribution is 5.80. The van der Waals surface area contributed by atoms with Gasteiger partial charge in [0.1, 0.15) is 0 Å². The molecule has 1 fully saturated rings. The molecule has 13 heavy (non-hydrogen) atoms. The highest BCUT2D eigenvalue weighted by Crippen LogP contribution is 2.29. The highest BCUT2D eigenvalue weighted by atomic mass is 16.2. The van der Waals surface area contributed by atoms with E-state index in [0.29, 0.717) is 5.92 Å². The molecule has 1 aliphatic rings. The van der Waals surface area contributed by atoms with Gasteiger partial charge in [-0.25, -0.2) is 0 Å². The van der Waals surface area contributed by atoms with Crippen LogP contribution < -0.4 is 11.1 Å². The van der Waals surface area contributed by atoms with Gasteiger partial charge >= 0.3 is 0 Å². The minimum atomic E-state index is -0.376. The molecule has 1 amide bonds. The predicted octanol–water partition coefficient (Wildman–Crippen LogP) is 0.886. The zero-order valence-corrected chi connectivity index (χ0v) is 8.55. The van der Waals surface area contributed by atoms with E-state index in [-0.39, 0.29) is 11.9 Å². The molecule has 0 heterocycles. The largest absolute Gasteiger partial charge is 0.354 e. The number of carbonyl (C=O) groups is 1. The van der Waals surface area contributed by atoms with Crippen LogP contribution in [0.2, 0.25) is 0 Å². The molecule has 0 bridgehead atoms. The first-order chi connectivity index (χ1) is 6.09. The zero-order valence-electron chi connectivity index (χ0n) is 8.55. The molecule has 3 nitrogen and oxygen atoms in total. The molecule has 3 N–H and O–H groups in total. The second kappa shape index (κ2) is 4.61. The molecule has 1 aliphatic carbocycles. The molecule has 0 radical (unpaired) electrons. The van der Waals surface area contributed by atoms with E-state index in [1.807, 2.05) is 0 Å². The van der Waals surface area contributed by atoms with E-state index in [2.05, 4.69) is 12.2 Å². The number of rotatable bonds is 3. The molecule has 0 aromatic heterocycles. The smallest absolute Gasteiger partial charge is 0.236 e. The lowest BCUT2D eigenvalue weighted by molar-refractivity contribution is -0.122. The summed E-state index contributed by atoms with van der Waals surface area (Å²) < 4.78 is 0. The first-order valence-corrected chi connectivity index (χ1v) is 5.13. The van der Waals surface area contributed by atoms with Gasteiger partial charge < -0.3 is 11.1 Å². The summed E-state index contributed by atoms with van der Waals surface area (Å²) in [6, 6.07) is -0.376. The number of nitrogens with two attached hydrogens (primary N) is 1. The van der Waals surface area contributed by atoms with Crippen LogP contribution in [0.1, 0.15) is 33.1 Å². The molecule has 0 saturated heterocycles. The summed E-state index contributed by atoms with van der Waals surface area (Å²) in [5.41, 5.74) is 5.44. The Balaban J connectivity index is 2.16. The maximum absolute atomic E-state index is 11.1. The predicted molar refractivity (Wildman–Crippen MR) is 53.2 cm³/mol. The van der Waals surface area contributed by atoms with Crippen LogP contribution in [0, 0.1) is 11.8 Å². The number of nitrogens with one attached hydrogen (secondary N) is 1. The Labute approximate surface area is 80.1 Å². The molecular weight excluding hydrogens is 164 g/mol. The second-order valence-corrected chi connectivity index (χ2v) is 4.32. The van der Waals surface area contributed by atoms with Gasteiger partial charge in [0.2, 0.25) is 5.91 Å². The van der Waals surface area contributed by atoms with Gasteiger partial charge in [0.25, 0.3) is 0 Å². The SMILES string of the molecule is CC1CCC(CNC(=O)[C@@H](C)N)C1. The van der Waals surface area contributed by atoms with Crippen LogP contribution in [0.15, 0.2) is 0 Å². The van der Waals surface area contributed by atoms with Gasteiger partial charge in [-0.15, -0.1) is 0 Å². The van der Waals surface area contributed by atoms with Crippen LogP contribution in [-0.2, 0) is 4.79 Å². The maximum atomic E-state index is 11.1. The van der Waals surface area contributed by atoms with Crippen molar-refractivity contribution in [2.75, 3.05) is 6.54 Å². The molecule has 2 unspecified atom stereocenters.